The van der Waals surface area contributed by atoms with Gasteiger partial charge in [-0.05, 0) is 48.9 Å². The molecule has 0 radical (unpaired) electrons. The number of hydrogen-bond donors (Lipinski definition) is 1. The Hall–Kier alpha value is -0.740. The highest BCUT2D eigenvalue weighted by atomic mass is 35.5. The van der Waals surface area contributed by atoms with E-state index in [1.807, 2.05) is 6.07 Å². The summed E-state index contributed by atoms with van der Waals surface area (Å²) in [5.74, 6) is -0.366. The minimum atomic E-state index is -0.735. The summed E-state index contributed by atoms with van der Waals surface area (Å²) in [4.78, 5) is 1.66. The van der Waals surface area contributed by atoms with Crippen molar-refractivity contribution in [3.8, 4) is 0 Å². The van der Waals surface area contributed by atoms with Crippen LogP contribution in [0.5, 0.6) is 0 Å². The van der Waals surface area contributed by atoms with Crippen molar-refractivity contribution in [2.24, 2.45) is 0 Å². The zero-order chi connectivity index (χ0) is 14.0. The molecule has 2 aromatic rings. The summed E-state index contributed by atoms with van der Waals surface area (Å²) in [6.45, 7) is 1.60. The van der Waals surface area contributed by atoms with Crippen LogP contribution < -0.4 is 0 Å². The van der Waals surface area contributed by atoms with E-state index in [2.05, 4.69) is 0 Å². The molecule has 1 atom stereocenters. The van der Waals surface area contributed by atoms with Crippen LogP contribution in [0.2, 0.25) is 10.0 Å². The molecule has 100 valence electrons. The van der Waals surface area contributed by atoms with Crippen molar-refractivity contribution >= 4 is 35.0 Å². The van der Waals surface area contributed by atoms with Crippen LogP contribution in [0, 0.1) is 5.82 Å². The molecule has 2 rings (SSSR count). The summed E-state index contributed by atoms with van der Waals surface area (Å²) in [6.07, 6.45) is -0.735. The largest absolute Gasteiger partial charge is 0.389 e. The second-order valence-corrected chi connectivity index (χ2v) is 5.97. The maximum Gasteiger partial charge on any atom is 0.123 e. The van der Waals surface area contributed by atoms with Crippen LogP contribution in [0.4, 0.5) is 4.39 Å². The van der Waals surface area contributed by atoms with E-state index in [4.69, 9.17) is 23.2 Å². The predicted molar refractivity (Wildman–Crippen MR) is 77.6 cm³/mol. The van der Waals surface area contributed by atoms with E-state index >= 15 is 0 Å². The van der Waals surface area contributed by atoms with Crippen LogP contribution in [-0.2, 0) is 0 Å². The van der Waals surface area contributed by atoms with Gasteiger partial charge in [0.05, 0.1) is 16.1 Å². The van der Waals surface area contributed by atoms with Crippen LogP contribution >= 0.6 is 35.0 Å². The molecule has 0 heterocycles. The zero-order valence-corrected chi connectivity index (χ0v) is 12.4. The Balaban J connectivity index is 2.35. The van der Waals surface area contributed by atoms with E-state index in [1.165, 1.54) is 23.9 Å². The molecule has 0 saturated carbocycles. The fraction of sp³-hybridized carbons (Fsp3) is 0.143. The molecule has 0 aliphatic heterocycles. The molecular formula is C14H11Cl2FOS. The third kappa shape index (κ3) is 3.63. The van der Waals surface area contributed by atoms with Crippen molar-refractivity contribution in [1.29, 1.82) is 0 Å². The molecule has 0 aromatic heterocycles. The van der Waals surface area contributed by atoms with E-state index < -0.39 is 6.10 Å². The first kappa shape index (κ1) is 14.7. The lowest BCUT2D eigenvalue weighted by Gasteiger charge is -2.12. The predicted octanol–water partition coefficient (Wildman–Crippen LogP) is 5.34. The lowest BCUT2D eigenvalue weighted by molar-refractivity contribution is 0.196. The molecule has 0 unspecified atom stereocenters. The number of benzene rings is 2. The van der Waals surface area contributed by atoms with E-state index in [0.717, 1.165) is 9.79 Å². The Morgan fingerprint density at radius 3 is 2.47 bits per heavy atom. The highest BCUT2D eigenvalue weighted by molar-refractivity contribution is 7.99. The van der Waals surface area contributed by atoms with Gasteiger partial charge in [0.2, 0.25) is 0 Å². The molecule has 2 aromatic carbocycles. The molecule has 0 aliphatic rings. The molecule has 0 aliphatic carbocycles. The number of rotatable bonds is 3. The first-order chi connectivity index (χ1) is 8.97. The topological polar surface area (TPSA) is 20.2 Å². The van der Waals surface area contributed by atoms with Crippen molar-refractivity contribution in [1.82, 2.24) is 0 Å². The summed E-state index contributed by atoms with van der Waals surface area (Å²) in [7, 11) is 0. The van der Waals surface area contributed by atoms with Gasteiger partial charge in [0.1, 0.15) is 5.82 Å². The van der Waals surface area contributed by atoms with Crippen molar-refractivity contribution in [2.45, 2.75) is 22.8 Å². The molecule has 0 amide bonds. The van der Waals surface area contributed by atoms with Crippen molar-refractivity contribution < 1.29 is 9.50 Å². The summed E-state index contributed by atoms with van der Waals surface area (Å²) >= 11 is 13.2. The second-order valence-electron chi connectivity index (χ2n) is 4.04. The van der Waals surface area contributed by atoms with Gasteiger partial charge in [0, 0.05) is 9.79 Å². The summed E-state index contributed by atoms with van der Waals surface area (Å²) in [5.41, 5.74) is 0.552. The van der Waals surface area contributed by atoms with Crippen LogP contribution in [0.1, 0.15) is 18.6 Å². The van der Waals surface area contributed by atoms with Crippen LogP contribution in [0.25, 0.3) is 0 Å². The molecule has 0 spiro atoms. The van der Waals surface area contributed by atoms with Gasteiger partial charge >= 0.3 is 0 Å². The van der Waals surface area contributed by atoms with Gasteiger partial charge in [0.15, 0.2) is 0 Å². The molecule has 0 bridgehead atoms. The van der Waals surface area contributed by atoms with Gasteiger partial charge in [-0.15, -0.1) is 0 Å². The number of aliphatic hydroxyl groups is 1. The number of halogens is 3. The third-order valence-corrected chi connectivity index (χ3v) is 4.36. The van der Waals surface area contributed by atoms with E-state index in [9.17, 15) is 9.50 Å². The highest BCUT2D eigenvalue weighted by Gasteiger charge is 2.11. The molecule has 0 saturated heterocycles. The number of hydrogen-bond acceptors (Lipinski definition) is 2. The van der Waals surface area contributed by atoms with Crippen molar-refractivity contribution in [3.05, 3.63) is 57.8 Å². The van der Waals surface area contributed by atoms with Gasteiger partial charge in [-0.1, -0.05) is 35.0 Å². The quantitative estimate of drug-likeness (QED) is 0.825. The lowest BCUT2D eigenvalue weighted by Crippen LogP contribution is -1.95. The fourth-order valence-corrected chi connectivity index (χ4v) is 3.02. The van der Waals surface area contributed by atoms with Crippen LogP contribution in [-0.4, -0.2) is 5.11 Å². The van der Waals surface area contributed by atoms with Gasteiger partial charge in [0.25, 0.3) is 0 Å². The SMILES string of the molecule is C[C@@H](O)c1cc(F)ccc1Sc1ccc(Cl)c(Cl)c1. The average Bonchev–Trinajstić information content (AvgIpc) is 2.36. The first-order valence-corrected chi connectivity index (χ1v) is 7.15. The summed E-state index contributed by atoms with van der Waals surface area (Å²) in [6, 6.07) is 9.62. The Labute approximate surface area is 125 Å². The monoisotopic (exact) mass is 316 g/mol. The zero-order valence-electron chi connectivity index (χ0n) is 10.0. The fourth-order valence-electron chi connectivity index (χ4n) is 1.61. The van der Waals surface area contributed by atoms with Gasteiger partial charge < -0.3 is 5.11 Å². The average molecular weight is 317 g/mol. The first-order valence-electron chi connectivity index (χ1n) is 5.58. The molecule has 19 heavy (non-hydrogen) atoms. The highest BCUT2D eigenvalue weighted by Crippen LogP contribution is 2.36. The molecule has 5 heteroatoms. The maximum atomic E-state index is 13.2. The number of aliphatic hydroxyl groups excluding tert-OH is 1. The molecule has 0 fully saturated rings. The Kier molecular flexibility index (Phi) is 4.74. The second kappa shape index (κ2) is 6.14. The van der Waals surface area contributed by atoms with E-state index in [0.29, 0.717) is 15.6 Å². The summed E-state index contributed by atoms with van der Waals surface area (Å²) < 4.78 is 13.2. The Morgan fingerprint density at radius 2 is 1.84 bits per heavy atom. The van der Waals surface area contributed by atoms with Crippen LogP contribution in [0.3, 0.4) is 0 Å². The van der Waals surface area contributed by atoms with E-state index in [1.54, 1.807) is 25.1 Å². The summed E-state index contributed by atoms with van der Waals surface area (Å²) in [5, 5.41) is 10.6. The normalized spacial score (nSPS) is 12.5. The van der Waals surface area contributed by atoms with Crippen molar-refractivity contribution in [3.63, 3.8) is 0 Å². The van der Waals surface area contributed by atoms with Gasteiger partial charge in [-0.3, -0.25) is 0 Å². The van der Waals surface area contributed by atoms with Gasteiger partial charge in [-0.25, -0.2) is 4.39 Å². The Bertz CT molecular complexity index is 602. The molecule has 1 N–H and O–H groups in total. The van der Waals surface area contributed by atoms with Gasteiger partial charge in [-0.2, -0.15) is 0 Å². The molecule has 1 nitrogen and oxygen atoms in total. The standard InChI is InChI=1S/C14H11Cl2FOS/c1-8(18)11-6-9(17)2-5-14(11)19-10-3-4-12(15)13(16)7-10/h2-8,18H,1H3/t8-/m1/s1. The van der Waals surface area contributed by atoms with Crippen molar-refractivity contribution in [2.75, 3.05) is 0 Å². The maximum absolute atomic E-state index is 13.2. The third-order valence-electron chi connectivity index (χ3n) is 2.54. The minimum absolute atomic E-state index is 0.366. The lowest BCUT2D eigenvalue weighted by atomic mass is 10.1. The molecular weight excluding hydrogens is 306 g/mol. The van der Waals surface area contributed by atoms with Crippen LogP contribution in [0.15, 0.2) is 46.2 Å². The smallest absolute Gasteiger partial charge is 0.123 e. The van der Waals surface area contributed by atoms with E-state index in [-0.39, 0.29) is 5.82 Å². The Morgan fingerprint density at radius 1 is 1.11 bits per heavy atom. The minimum Gasteiger partial charge on any atom is -0.389 e.